The molecule has 4 heteroatoms. The van der Waals surface area contributed by atoms with E-state index >= 15 is 0 Å². The van der Waals surface area contributed by atoms with Gasteiger partial charge in [0.05, 0.1) is 0 Å². The van der Waals surface area contributed by atoms with Gasteiger partial charge in [0.25, 0.3) is 0 Å². The minimum Gasteiger partial charge on any atom is -0.359 e. The summed E-state index contributed by atoms with van der Waals surface area (Å²) in [7, 11) is 0. The van der Waals surface area contributed by atoms with E-state index in [1.807, 2.05) is 0 Å². The molecule has 2 atom stereocenters. The van der Waals surface area contributed by atoms with E-state index in [0.717, 1.165) is 12.3 Å². The van der Waals surface area contributed by atoms with E-state index < -0.39 is 0 Å². The van der Waals surface area contributed by atoms with Crippen LogP contribution in [0, 0.1) is 11.8 Å². The molecule has 2 fully saturated rings. The Morgan fingerprint density at radius 2 is 2.11 bits per heavy atom. The zero-order chi connectivity index (χ0) is 12.4. The quantitative estimate of drug-likeness (QED) is 0.457. The maximum absolute atomic E-state index is 5.30. The molecule has 0 saturated heterocycles. The van der Waals surface area contributed by atoms with Crippen molar-refractivity contribution in [1.82, 2.24) is 10.7 Å². The highest BCUT2D eigenvalue weighted by atomic mass is 32.1. The van der Waals surface area contributed by atoms with Crippen molar-refractivity contribution in [1.29, 1.82) is 0 Å². The topological polar surface area (TPSA) is 36.4 Å². The summed E-state index contributed by atoms with van der Waals surface area (Å²) in [5, 5.41) is 8.52. The van der Waals surface area contributed by atoms with Crippen molar-refractivity contribution in [2.75, 3.05) is 0 Å². The number of thiocarbonyl (C=S) groups is 1. The molecule has 0 bridgehead atoms. The van der Waals surface area contributed by atoms with Crippen LogP contribution in [0.5, 0.6) is 0 Å². The van der Waals surface area contributed by atoms with Crippen LogP contribution in [0.2, 0.25) is 0 Å². The highest BCUT2D eigenvalue weighted by molar-refractivity contribution is 7.80. The molecule has 2 N–H and O–H groups in total. The first-order chi connectivity index (χ1) is 8.83. The third-order valence-electron chi connectivity index (χ3n) is 4.39. The van der Waals surface area contributed by atoms with Gasteiger partial charge in [-0.2, -0.15) is 5.10 Å². The van der Waals surface area contributed by atoms with Crippen LogP contribution in [-0.4, -0.2) is 16.9 Å². The summed E-state index contributed by atoms with van der Waals surface area (Å²) in [5.41, 5.74) is 4.28. The van der Waals surface area contributed by atoms with Crippen molar-refractivity contribution in [3.8, 4) is 0 Å². The largest absolute Gasteiger partial charge is 0.359 e. The van der Waals surface area contributed by atoms with Gasteiger partial charge < -0.3 is 5.32 Å². The van der Waals surface area contributed by atoms with E-state index in [0.29, 0.717) is 17.1 Å². The lowest BCUT2D eigenvalue weighted by Crippen LogP contribution is -2.42. The lowest BCUT2D eigenvalue weighted by molar-refractivity contribution is 0.411. The Bertz CT molecular complexity index is 383. The molecule has 0 aromatic carbocycles. The number of hydrogen-bond acceptors (Lipinski definition) is 2. The summed E-state index contributed by atoms with van der Waals surface area (Å²) in [6.45, 7) is 0. The summed E-state index contributed by atoms with van der Waals surface area (Å²) in [6.07, 6.45) is 13.4. The molecule has 0 spiro atoms. The highest BCUT2D eigenvalue weighted by Crippen LogP contribution is 2.40. The molecule has 3 rings (SSSR count). The summed E-state index contributed by atoms with van der Waals surface area (Å²) < 4.78 is 0. The summed E-state index contributed by atoms with van der Waals surface area (Å²) in [5.74, 6) is 1.42. The maximum atomic E-state index is 5.30. The normalized spacial score (nSPS) is 33.0. The van der Waals surface area contributed by atoms with Gasteiger partial charge in [0.2, 0.25) is 0 Å². The number of hydrazone groups is 1. The van der Waals surface area contributed by atoms with Crippen LogP contribution in [0.25, 0.3) is 0 Å². The monoisotopic (exact) mass is 263 g/mol. The molecule has 3 aliphatic rings. The standard InChI is InChI=1S/C14H21N3S/c18-14(15-11-6-2-1-3-7-11)17-16-13-9-10-5-4-8-12(10)13/h4,8,10-12H,1-3,5-7,9H2,(H2,15,17,18)/b16-13-/t10-,12-/m1/s1. The Kier molecular flexibility index (Phi) is 3.64. The molecule has 3 aliphatic carbocycles. The van der Waals surface area contributed by atoms with Gasteiger partial charge >= 0.3 is 0 Å². The first kappa shape index (κ1) is 12.2. The molecule has 3 nitrogen and oxygen atoms in total. The second kappa shape index (κ2) is 5.39. The Morgan fingerprint density at radius 3 is 2.89 bits per heavy atom. The zero-order valence-corrected chi connectivity index (χ0v) is 11.5. The van der Waals surface area contributed by atoms with Gasteiger partial charge in [0.15, 0.2) is 5.11 Å². The Balaban J connectivity index is 1.44. The highest BCUT2D eigenvalue weighted by Gasteiger charge is 2.37. The minimum atomic E-state index is 0.555. The Labute approximate surface area is 114 Å². The van der Waals surface area contributed by atoms with E-state index in [1.54, 1.807) is 0 Å². The van der Waals surface area contributed by atoms with Crippen LogP contribution in [0.1, 0.15) is 44.9 Å². The SMILES string of the molecule is S=C(N/N=C1/C[C@H]2CC=C[C@@H]12)NC1CCCCC1. The van der Waals surface area contributed by atoms with E-state index in [-0.39, 0.29) is 0 Å². The van der Waals surface area contributed by atoms with E-state index in [1.165, 1.54) is 44.2 Å². The number of fused-ring (bicyclic) bond motifs is 1. The molecule has 0 unspecified atom stereocenters. The predicted molar refractivity (Wildman–Crippen MR) is 78.5 cm³/mol. The Morgan fingerprint density at radius 1 is 1.28 bits per heavy atom. The van der Waals surface area contributed by atoms with Crippen molar-refractivity contribution >= 4 is 23.0 Å². The van der Waals surface area contributed by atoms with Gasteiger partial charge in [-0.1, -0.05) is 31.4 Å². The third kappa shape index (κ3) is 2.58. The lowest BCUT2D eigenvalue weighted by Gasteiger charge is -2.32. The van der Waals surface area contributed by atoms with Crippen LogP contribution in [0.4, 0.5) is 0 Å². The van der Waals surface area contributed by atoms with Gasteiger partial charge in [-0.3, -0.25) is 5.43 Å². The molecule has 0 heterocycles. The molecule has 0 radical (unpaired) electrons. The zero-order valence-electron chi connectivity index (χ0n) is 10.7. The van der Waals surface area contributed by atoms with Crippen molar-refractivity contribution in [2.45, 2.75) is 51.0 Å². The van der Waals surface area contributed by atoms with E-state index in [9.17, 15) is 0 Å². The molecule has 0 amide bonds. The number of rotatable bonds is 2. The fourth-order valence-electron chi connectivity index (χ4n) is 3.25. The second-order valence-electron chi connectivity index (χ2n) is 5.68. The summed E-state index contributed by atoms with van der Waals surface area (Å²) in [4.78, 5) is 0. The molecule has 0 aromatic heterocycles. The van der Waals surface area contributed by atoms with Crippen LogP contribution in [0.15, 0.2) is 17.3 Å². The van der Waals surface area contributed by atoms with Gasteiger partial charge in [0.1, 0.15) is 0 Å². The van der Waals surface area contributed by atoms with Crippen molar-refractivity contribution < 1.29 is 0 Å². The predicted octanol–water partition coefficient (Wildman–Crippen LogP) is 2.74. The van der Waals surface area contributed by atoms with Gasteiger partial charge in [0, 0.05) is 17.7 Å². The fourth-order valence-corrected chi connectivity index (χ4v) is 3.46. The number of allylic oxidation sites excluding steroid dienone is 2. The summed E-state index contributed by atoms with van der Waals surface area (Å²) >= 11 is 5.30. The smallest absolute Gasteiger partial charge is 0.187 e. The molecule has 0 aliphatic heterocycles. The maximum Gasteiger partial charge on any atom is 0.187 e. The third-order valence-corrected chi connectivity index (χ3v) is 4.60. The molecule has 18 heavy (non-hydrogen) atoms. The van der Waals surface area contributed by atoms with Crippen molar-refractivity contribution in [3.05, 3.63) is 12.2 Å². The number of nitrogens with zero attached hydrogens (tertiary/aromatic N) is 1. The average Bonchev–Trinajstić information content (AvgIpc) is 2.72. The van der Waals surface area contributed by atoms with Crippen LogP contribution in [0.3, 0.4) is 0 Å². The van der Waals surface area contributed by atoms with E-state index in [2.05, 4.69) is 28.0 Å². The molecule has 98 valence electrons. The minimum absolute atomic E-state index is 0.555. The van der Waals surface area contributed by atoms with Crippen LogP contribution in [-0.2, 0) is 0 Å². The van der Waals surface area contributed by atoms with Gasteiger partial charge in [-0.15, -0.1) is 0 Å². The first-order valence-corrected chi connectivity index (χ1v) is 7.53. The summed E-state index contributed by atoms with van der Waals surface area (Å²) in [6, 6.07) is 0.555. The van der Waals surface area contributed by atoms with Gasteiger partial charge in [-0.05, 0) is 43.8 Å². The molecule has 0 aromatic rings. The van der Waals surface area contributed by atoms with E-state index in [4.69, 9.17) is 12.2 Å². The van der Waals surface area contributed by atoms with Gasteiger partial charge in [-0.25, -0.2) is 0 Å². The van der Waals surface area contributed by atoms with Crippen molar-refractivity contribution in [2.24, 2.45) is 16.9 Å². The Hall–Kier alpha value is -0.900. The lowest BCUT2D eigenvalue weighted by atomic mass is 9.74. The average molecular weight is 263 g/mol. The number of nitrogens with one attached hydrogen (secondary N) is 2. The second-order valence-corrected chi connectivity index (χ2v) is 6.09. The van der Waals surface area contributed by atoms with Crippen LogP contribution < -0.4 is 10.7 Å². The number of hydrogen-bond donors (Lipinski definition) is 2. The molecule has 2 saturated carbocycles. The fraction of sp³-hybridized carbons (Fsp3) is 0.714. The molecular formula is C14H21N3S. The van der Waals surface area contributed by atoms with Crippen LogP contribution >= 0.6 is 12.2 Å². The first-order valence-electron chi connectivity index (χ1n) is 7.12. The van der Waals surface area contributed by atoms with Crippen molar-refractivity contribution in [3.63, 3.8) is 0 Å². The molecular weight excluding hydrogens is 242 g/mol.